The van der Waals surface area contributed by atoms with E-state index in [9.17, 15) is 0 Å². The van der Waals surface area contributed by atoms with Gasteiger partial charge >= 0.3 is 0 Å². The number of aromatic nitrogens is 1. The largest absolute Gasteiger partial charge is 0.396 e. The Bertz CT molecular complexity index is 289. The van der Waals surface area contributed by atoms with Gasteiger partial charge in [-0.3, -0.25) is 4.98 Å². The standard InChI is InChI=1S/C12H20N2O/c1-10-5-3-7-13-12(10)9-14-11(2)6-4-8-15/h3,5,7,11,14-15H,4,6,8-9H2,1-2H3. The summed E-state index contributed by atoms with van der Waals surface area (Å²) in [7, 11) is 0. The molecule has 0 amide bonds. The van der Waals surface area contributed by atoms with Gasteiger partial charge in [-0.2, -0.15) is 0 Å². The Morgan fingerprint density at radius 3 is 3.00 bits per heavy atom. The van der Waals surface area contributed by atoms with Gasteiger partial charge in [0.05, 0.1) is 5.69 Å². The van der Waals surface area contributed by atoms with Gasteiger partial charge in [-0.25, -0.2) is 0 Å². The number of aliphatic hydroxyl groups excluding tert-OH is 1. The number of aryl methyl sites for hydroxylation is 1. The lowest BCUT2D eigenvalue weighted by Crippen LogP contribution is -2.26. The second-order valence-corrected chi connectivity index (χ2v) is 3.91. The van der Waals surface area contributed by atoms with E-state index in [1.165, 1.54) is 5.56 Å². The third kappa shape index (κ3) is 4.40. The summed E-state index contributed by atoms with van der Waals surface area (Å²) in [6.45, 7) is 5.28. The lowest BCUT2D eigenvalue weighted by atomic mass is 10.1. The molecule has 0 fully saturated rings. The van der Waals surface area contributed by atoms with E-state index in [1.54, 1.807) is 0 Å². The number of hydrogen-bond donors (Lipinski definition) is 2. The molecular weight excluding hydrogens is 188 g/mol. The second kappa shape index (κ2) is 6.53. The molecule has 3 nitrogen and oxygen atoms in total. The van der Waals surface area contributed by atoms with Crippen molar-refractivity contribution in [2.45, 2.75) is 39.3 Å². The van der Waals surface area contributed by atoms with Crippen LogP contribution in [0.5, 0.6) is 0 Å². The van der Waals surface area contributed by atoms with Gasteiger partial charge in [0.25, 0.3) is 0 Å². The second-order valence-electron chi connectivity index (χ2n) is 3.91. The maximum Gasteiger partial charge on any atom is 0.0570 e. The Hall–Kier alpha value is -0.930. The molecule has 0 saturated heterocycles. The van der Waals surface area contributed by atoms with Crippen molar-refractivity contribution < 1.29 is 5.11 Å². The Labute approximate surface area is 91.5 Å². The van der Waals surface area contributed by atoms with Gasteiger partial charge in [-0.05, 0) is 38.3 Å². The molecule has 1 aromatic rings. The fourth-order valence-electron chi connectivity index (χ4n) is 1.47. The molecule has 0 radical (unpaired) electrons. The lowest BCUT2D eigenvalue weighted by Gasteiger charge is -2.13. The molecule has 1 atom stereocenters. The van der Waals surface area contributed by atoms with Crippen LogP contribution in [-0.4, -0.2) is 22.7 Å². The zero-order valence-corrected chi connectivity index (χ0v) is 9.53. The smallest absolute Gasteiger partial charge is 0.0570 e. The molecule has 84 valence electrons. The summed E-state index contributed by atoms with van der Waals surface area (Å²) < 4.78 is 0. The Balaban J connectivity index is 2.33. The Morgan fingerprint density at radius 1 is 1.53 bits per heavy atom. The average Bonchev–Trinajstić information content (AvgIpc) is 2.25. The molecule has 15 heavy (non-hydrogen) atoms. The number of nitrogens with zero attached hydrogens (tertiary/aromatic N) is 1. The first-order chi connectivity index (χ1) is 7.24. The van der Waals surface area contributed by atoms with E-state index in [0.29, 0.717) is 6.04 Å². The number of nitrogens with one attached hydrogen (secondary N) is 1. The third-order valence-corrected chi connectivity index (χ3v) is 2.53. The van der Waals surface area contributed by atoms with Gasteiger partial charge in [0, 0.05) is 25.4 Å². The van der Waals surface area contributed by atoms with Crippen molar-refractivity contribution in [2.75, 3.05) is 6.61 Å². The van der Waals surface area contributed by atoms with Crippen LogP contribution in [0.3, 0.4) is 0 Å². The third-order valence-electron chi connectivity index (χ3n) is 2.53. The molecule has 1 rings (SSSR count). The zero-order valence-electron chi connectivity index (χ0n) is 9.53. The summed E-state index contributed by atoms with van der Waals surface area (Å²) in [5.41, 5.74) is 2.33. The summed E-state index contributed by atoms with van der Waals surface area (Å²) in [5, 5.41) is 12.1. The summed E-state index contributed by atoms with van der Waals surface area (Å²) >= 11 is 0. The molecule has 0 aliphatic rings. The van der Waals surface area contributed by atoms with Crippen molar-refractivity contribution >= 4 is 0 Å². The van der Waals surface area contributed by atoms with Crippen LogP contribution in [-0.2, 0) is 6.54 Å². The van der Waals surface area contributed by atoms with Crippen LogP contribution < -0.4 is 5.32 Å². The molecule has 1 heterocycles. The van der Waals surface area contributed by atoms with Crippen LogP contribution in [0.1, 0.15) is 31.0 Å². The molecule has 0 saturated carbocycles. The first-order valence-corrected chi connectivity index (χ1v) is 5.48. The molecule has 2 N–H and O–H groups in total. The van der Waals surface area contributed by atoms with Gasteiger partial charge in [0.2, 0.25) is 0 Å². The molecule has 1 unspecified atom stereocenters. The molecule has 0 aliphatic heterocycles. The van der Waals surface area contributed by atoms with E-state index in [2.05, 4.69) is 30.2 Å². The van der Waals surface area contributed by atoms with Crippen LogP contribution in [0.15, 0.2) is 18.3 Å². The topological polar surface area (TPSA) is 45.2 Å². The molecule has 0 aromatic carbocycles. The fourth-order valence-corrected chi connectivity index (χ4v) is 1.47. The first kappa shape index (κ1) is 12.1. The Morgan fingerprint density at radius 2 is 2.33 bits per heavy atom. The van der Waals surface area contributed by atoms with Crippen LogP contribution in [0.4, 0.5) is 0 Å². The van der Waals surface area contributed by atoms with Crippen molar-refractivity contribution in [1.29, 1.82) is 0 Å². The average molecular weight is 208 g/mol. The highest BCUT2D eigenvalue weighted by Crippen LogP contribution is 2.04. The van der Waals surface area contributed by atoms with Crippen LogP contribution in [0, 0.1) is 6.92 Å². The van der Waals surface area contributed by atoms with E-state index < -0.39 is 0 Å². The highest BCUT2D eigenvalue weighted by Gasteiger charge is 2.03. The van der Waals surface area contributed by atoms with Gasteiger partial charge in [-0.15, -0.1) is 0 Å². The summed E-state index contributed by atoms with van der Waals surface area (Å²) in [6, 6.07) is 4.45. The molecule has 0 bridgehead atoms. The summed E-state index contributed by atoms with van der Waals surface area (Å²) in [5.74, 6) is 0. The number of rotatable bonds is 6. The predicted octanol–water partition coefficient (Wildman–Crippen LogP) is 1.64. The van der Waals surface area contributed by atoms with Crippen molar-refractivity contribution in [3.05, 3.63) is 29.6 Å². The SMILES string of the molecule is Cc1cccnc1CNC(C)CCCO. The first-order valence-electron chi connectivity index (χ1n) is 5.48. The van der Waals surface area contributed by atoms with Crippen LogP contribution in [0.2, 0.25) is 0 Å². The fraction of sp³-hybridized carbons (Fsp3) is 0.583. The van der Waals surface area contributed by atoms with E-state index in [-0.39, 0.29) is 6.61 Å². The molecule has 1 aromatic heterocycles. The monoisotopic (exact) mass is 208 g/mol. The van der Waals surface area contributed by atoms with Crippen molar-refractivity contribution in [3.63, 3.8) is 0 Å². The quantitative estimate of drug-likeness (QED) is 0.747. The number of pyridine rings is 1. The van der Waals surface area contributed by atoms with E-state index in [1.807, 2.05) is 12.3 Å². The summed E-state index contributed by atoms with van der Waals surface area (Å²) in [4.78, 5) is 4.32. The highest BCUT2D eigenvalue weighted by molar-refractivity contribution is 5.17. The van der Waals surface area contributed by atoms with Crippen molar-refractivity contribution in [3.8, 4) is 0 Å². The number of aliphatic hydroxyl groups is 1. The van der Waals surface area contributed by atoms with Gasteiger partial charge < -0.3 is 10.4 Å². The van der Waals surface area contributed by atoms with Gasteiger partial charge in [0.15, 0.2) is 0 Å². The van der Waals surface area contributed by atoms with Gasteiger partial charge in [0.1, 0.15) is 0 Å². The minimum absolute atomic E-state index is 0.272. The zero-order chi connectivity index (χ0) is 11.1. The van der Waals surface area contributed by atoms with E-state index in [4.69, 9.17) is 5.11 Å². The van der Waals surface area contributed by atoms with Crippen molar-refractivity contribution in [1.82, 2.24) is 10.3 Å². The minimum atomic E-state index is 0.272. The lowest BCUT2D eigenvalue weighted by molar-refractivity contribution is 0.276. The minimum Gasteiger partial charge on any atom is -0.396 e. The van der Waals surface area contributed by atoms with E-state index in [0.717, 1.165) is 25.1 Å². The summed E-state index contributed by atoms with van der Waals surface area (Å²) in [6.07, 6.45) is 3.68. The molecular formula is C12H20N2O. The molecule has 0 spiro atoms. The maximum absolute atomic E-state index is 8.70. The highest BCUT2D eigenvalue weighted by atomic mass is 16.2. The number of hydrogen-bond acceptors (Lipinski definition) is 3. The predicted molar refractivity (Wildman–Crippen MR) is 61.6 cm³/mol. The van der Waals surface area contributed by atoms with Crippen LogP contribution >= 0.6 is 0 Å². The molecule has 0 aliphatic carbocycles. The van der Waals surface area contributed by atoms with Gasteiger partial charge in [-0.1, -0.05) is 6.07 Å². The Kier molecular flexibility index (Phi) is 5.29. The van der Waals surface area contributed by atoms with E-state index >= 15 is 0 Å². The van der Waals surface area contributed by atoms with Crippen LogP contribution in [0.25, 0.3) is 0 Å². The maximum atomic E-state index is 8.70. The van der Waals surface area contributed by atoms with Crippen molar-refractivity contribution in [2.24, 2.45) is 0 Å². The molecule has 3 heteroatoms. The normalized spacial score (nSPS) is 12.7.